The minimum Gasteiger partial charge on any atom is -0.391 e. The number of phosphoric ester groups is 1. The van der Waals surface area contributed by atoms with E-state index >= 15 is 0 Å². The number of anilines is 3. The summed E-state index contributed by atoms with van der Waals surface area (Å²) in [6.07, 6.45) is -5.50. The molecule has 0 aromatic carbocycles. The number of hydrogen-bond donors (Lipinski definition) is 8. The number of aromatic nitrogens is 2. The molecule has 1 aliphatic heterocycles. The van der Waals surface area contributed by atoms with Gasteiger partial charge in [0, 0.05) is 0 Å². The number of nitrogens with zero attached hydrogens (tertiary/aromatic N) is 1. The normalized spacial score (nSPS) is 30.7. The molecule has 23 heavy (non-hydrogen) atoms. The van der Waals surface area contributed by atoms with Crippen molar-refractivity contribution in [3.05, 3.63) is 10.4 Å². The molecule has 0 aliphatic carbocycles. The predicted molar refractivity (Wildman–Crippen MR) is 76.0 cm³/mol. The van der Waals surface area contributed by atoms with Crippen molar-refractivity contribution in [1.82, 2.24) is 9.97 Å². The number of hydrogen-bond acceptors (Lipinski definition) is 11. The Morgan fingerprint density at radius 3 is 2.83 bits per heavy atom. The molecule has 1 saturated heterocycles. The largest absolute Gasteiger partial charge is 0.469 e. The second-order valence-corrected chi connectivity index (χ2v) is 5.89. The number of nitrogens with one attached hydrogen (secondary N) is 2. The fourth-order valence-corrected chi connectivity index (χ4v) is 2.25. The molecular weight excluding hydrogens is 337 g/mol. The van der Waals surface area contributed by atoms with Crippen molar-refractivity contribution in [1.29, 1.82) is 1.43 Å². The molecule has 10 N–H and O–H groups in total. The van der Waals surface area contributed by atoms with Crippen LogP contribution in [0.5, 0.6) is 0 Å². The van der Waals surface area contributed by atoms with E-state index in [1.165, 1.54) is 0 Å². The first-order chi connectivity index (χ1) is 11.1. The number of H-pyrrole nitrogens is 1. The average Bonchev–Trinajstić information content (AvgIpc) is 2.78. The second kappa shape index (κ2) is 6.41. The second-order valence-electron chi connectivity index (χ2n) is 4.70. The number of nitrogen functional groups attached to an aromatic ring is 2. The Morgan fingerprint density at radius 1 is 1.48 bits per heavy atom. The third-order valence-electron chi connectivity index (χ3n) is 3.02. The zero-order valence-electron chi connectivity index (χ0n) is 12.4. The first kappa shape index (κ1) is 16.1. The molecule has 5 atom stereocenters. The van der Waals surface area contributed by atoms with Crippen LogP contribution in [0.15, 0.2) is 4.79 Å². The summed E-state index contributed by atoms with van der Waals surface area (Å²) < 4.78 is 27.0. The first-order valence-corrected chi connectivity index (χ1v) is 7.70. The van der Waals surface area contributed by atoms with Gasteiger partial charge >= 0.3 is 7.82 Å². The number of aliphatic hydroxyl groups is 2. The van der Waals surface area contributed by atoms with Crippen molar-refractivity contribution in [3.8, 4) is 0 Å². The minimum atomic E-state index is -4.60. The molecule has 14 heteroatoms. The highest BCUT2D eigenvalue weighted by Gasteiger charge is 2.44. The van der Waals surface area contributed by atoms with Crippen LogP contribution in [-0.4, -0.2) is 62.5 Å². The molecule has 2 rings (SSSR count). The van der Waals surface area contributed by atoms with Crippen LogP contribution in [-0.2, 0) is 13.8 Å². The van der Waals surface area contributed by atoms with Crippen LogP contribution in [0.2, 0.25) is 0 Å². The van der Waals surface area contributed by atoms with E-state index in [0.29, 0.717) is 0 Å². The van der Waals surface area contributed by atoms with Crippen molar-refractivity contribution >= 4 is 25.3 Å². The molecule has 0 amide bonds. The molecule has 1 aromatic heterocycles. The summed E-state index contributed by atoms with van der Waals surface area (Å²) in [5.74, 6) is -0.421. The zero-order valence-corrected chi connectivity index (χ0v) is 12.3. The highest BCUT2D eigenvalue weighted by Crippen LogP contribution is 2.37. The highest BCUT2D eigenvalue weighted by molar-refractivity contribution is 7.46. The Kier molecular flexibility index (Phi) is 4.50. The van der Waals surface area contributed by atoms with Gasteiger partial charge in [-0.05, 0) is 0 Å². The summed E-state index contributed by atoms with van der Waals surface area (Å²) in [5.41, 5.74) is 9.86. The fraction of sp³-hybridized carbons (Fsp3) is 0.556. The van der Waals surface area contributed by atoms with E-state index in [-0.39, 0.29) is 17.5 Å². The van der Waals surface area contributed by atoms with Gasteiger partial charge in [-0.25, -0.2) is 4.57 Å². The summed E-state index contributed by atoms with van der Waals surface area (Å²) in [6, 6.07) is 0. The van der Waals surface area contributed by atoms with Crippen molar-refractivity contribution in [3.63, 3.8) is 0 Å². The fourth-order valence-electron chi connectivity index (χ4n) is 1.92. The lowest BCUT2D eigenvalue weighted by Gasteiger charge is -2.18. The van der Waals surface area contributed by atoms with Crippen LogP contribution in [0.3, 0.4) is 0 Å². The predicted octanol–water partition coefficient (Wildman–Crippen LogP) is -3.10. The van der Waals surface area contributed by atoms with Crippen LogP contribution in [0.4, 0.5) is 17.5 Å². The van der Waals surface area contributed by atoms with Gasteiger partial charge in [-0.1, -0.05) is 0 Å². The molecule has 0 bridgehead atoms. The molecule has 13 nitrogen and oxygen atoms in total. The molecular formula is C9H16N5O8P. The average molecular weight is 354 g/mol. The van der Waals surface area contributed by atoms with E-state index in [9.17, 15) is 19.6 Å². The number of nitrogens with two attached hydrogens (primary N) is 2. The van der Waals surface area contributed by atoms with E-state index in [2.05, 4.69) is 24.7 Å². The first-order valence-electron chi connectivity index (χ1n) is 6.61. The van der Waals surface area contributed by atoms with Crippen molar-refractivity contribution in [2.45, 2.75) is 24.5 Å². The topological polar surface area (TPSA) is 226 Å². The summed E-state index contributed by atoms with van der Waals surface area (Å²) in [5, 5.41) is 22.3. The molecule has 1 fully saturated rings. The maximum Gasteiger partial charge on any atom is 0.469 e. The molecule has 2 heterocycles. The maximum atomic E-state index is 11.5. The molecule has 1 aromatic rings. The van der Waals surface area contributed by atoms with Crippen molar-refractivity contribution < 1.29 is 33.8 Å². The number of phosphoric acid groups is 1. The van der Waals surface area contributed by atoms with Gasteiger partial charge in [-0.2, -0.15) is 4.98 Å². The number of aromatic amines is 1. The van der Waals surface area contributed by atoms with Crippen LogP contribution in [0.25, 0.3) is 0 Å². The van der Waals surface area contributed by atoms with Gasteiger partial charge in [-0.15, -0.1) is 0 Å². The quantitative estimate of drug-likeness (QED) is 0.238. The van der Waals surface area contributed by atoms with Crippen LogP contribution in [0.1, 0.15) is 0 Å². The Bertz CT molecular complexity index is 703. The molecule has 2 unspecified atom stereocenters. The van der Waals surface area contributed by atoms with Gasteiger partial charge < -0.3 is 41.5 Å². The number of aliphatic hydroxyl groups excluding tert-OH is 2. The Morgan fingerprint density at radius 2 is 2.17 bits per heavy atom. The van der Waals surface area contributed by atoms with Gasteiger partial charge in [-0.3, -0.25) is 14.3 Å². The van der Waals surface area contributed by atoms with Gasteiger partial charge in [0.05, 0.1) is 6.61 Å². The number of rotatable bonds is 6. The van der Waals surface area contributed by atoms with Crippen molar-refractivity contribution in [2.24, 2.45) is 0 Å². The van der Waals surface area contributed by atoms with Crippen LogP contribution in [0, 0.1) is 0 Å². The molecule has 1 aliphatic rings. The third kappa shape index (κ3) is 4.17. The minimum absolute atomic E-state index is 0.184. The van der Waals surface area contributed by atoms with Crippen LogP contribution >= 0.6 is 7.82 Å². The van der Waals surface area contributed by atoms with Gasteiger partial charge in [0.1, 0.15) is 24.0 Å². The summed E-state index contributed by atoms with van der Waals surface area (Å²) >= 11 is 0. The lowest BCUT2D eigenvalue weighted by atomic mass is 10.1. The van der Waals surface area contributed by atoms with Gasteiger partial charge in [0.15, 0.2) is 12.0 Å². The third-order valence-corrected chi connectivity index (χ3v) is 3.49. The van der Waals surface area contributed by atoms with E-state index in [1.807, 2.05) is 0 Å². The lowest BCUT2D eigenvalue weighted by molar-refractivity contribution is -0.0151. The van der Waals surface area contributed by atoms with Gasteiger partial charge in [0.25, 0.3) is 5.56 Å². The van der Waals surface area contributed by atoms with E-state index in [1.54, 1.807) is 0 Å². The molecule has 0 spiro atoms. The molecule has 0 radical (unpaired) electrons. The van der Waals surface area contributed by atoms with E-state index in [0.717, 1.165) is 0 Å². The Labute approximate surface area is 130 Å². The Hall–Kier alpha value is -1.73. The monoisotopic (exact) mass is 354 g/mol. The molecule has 130 valence electrons. The summed E-state index contributed by atoms with van der Waals surface area (Å²) in [7, 11) is -4.60. The summed E-state index contributed by atoms with van der Waals surface area (Å²) in [6.45, 7) is -0.649. The lowest BCUT2D eigenvalue weighted by Crippen LogP contribution is -2.37. The zero-order chi connectivity index (χ0) is 18.1. The summed E-state index contributed by atoms with van der Waals surface area (Å²) in [4.78, 5) is 29.8. The number of ether oxygens (including phenoxy) is 1. The Balaban J connectivity index is 2.08. The van der Waals surface area contributed by atoms with E-state index < -0.39 is 44.5 Å². The maximum absolute atomic E-state index is 11.5. The standard InChI is InChI=1S/C9H16N5O8P/c10-3-6(13-9(11)14-7(3)17)12-8-5(16)4(15)2(22-8)1-21-23(18,19)20/h2,4-5,8,15-16H,1,10H2,(H2,18,19,20)(H4,11,12,13,14,17)/t2-,4-,5-,8?/m1/s1/i/hD. The van der Waals surface area contributed by atoms with Gasteiger partial charge in [0.2, 0.25) is 7.38 Å². The smallest absolute Gasteiger partial charge is 0.391 e. The van der Waals surface area contributed by atoms with E-state index in [4.69, 9.17) is 22.5 Å². The van der Waals surface area contributed by atoms with Crippen LogP contribution < -0.4 is 22.3 Å². The van der Waals surface area contributed by atoms with Crippen molar-refractivity contribution in [2.75, 3.05) is 23.4 Å². The molecule has 0 saturated carbocycles. The highest BCUT2D eigenvalue weighted by atomic mass is 31.2. The SMILES string of the molecule is [2H]OP(=O)(O)OC[C@H]1OC(Nc2nc(N)[nH]c(=O)c2N)[C@H](O)[C@@H]1O.